The minimum atomic E-state index is -0.980. The summed E-state index contributed by atoms with van der Waals surface area (Å²) in [5.74, 6) is -0.266. The quantitative estimate of drug-likeness (QED) is 0.135. The number of aromatic nitrogens is 3. The summed E-state index contributed by atoms with van der Waals surface area (Å²) in [5.41, 5.74) is 2.58. The van der Waals surface area contributed by atoms with Crippen molar-refractivity contribution >= 4 is 62.8 Å². The maximum atomic E-state index is 12.4. The highest BCUT2D eigenvalue weighted by atomic mass is 35.5. The maximum absolute atomic E-state index is 12.4. The summed E-state index contributed by atoms with van der Waals surface area (Å²) < 4.78 is 6.67. The Morgan fingerprint density at radius 1 is 1.09 bits per heavy atom. The number of fused-ring (bicyclic) bond motifs is 1. The van der Waals surface area contributed by atoms with Crippen LogP contribution in [0.3, 0.4) is 0 Å². The van der Waals surface area contributed by atoms with E-state index in [1.165, 1.54) is 17.5 Å². The van der Waals surface area contributed by atoms with E-state index in [1.54, 1.807) is 6.07 Å². The highest BCUT2D eigenvalue weighted by Gasteiger charge is 2.28. The Bertz CT molecular complexity index is 1630. The number of halogens is 1. The van der Waals surface area contributed by atoms with Crippen molar-refractivity contribution in [3.8, 4) is 16.9 Å². The first-order valence-electron chi connectivity index (χ1n) is 14.8. The van der Waals surface area contributed by atoms with Gasteiger partial charge in [-0.25, -0.2) is 4.79 Å². The molecule has 2 aliphatic heterocycles. The Labute approximate surface area is 274 Å². The highest BCUT2D eigenvalue weighted by Crippen LogP contribution is 2.34. The third-order valence-corrected chi connectivity index (χ3v) is 10.2. The minimum Gasteiger partial charge on any atom is -0.492 e. The van der Waals surface area contributed by atoms with E-state index in [0.29, 0.717) is 44.6 Å². The van der Waals surface area contributed by atoms with Gasteiger partial charge < -0.3 is 14.8 Å². The molecule has 2 fully saturated rings. The third kappa shape index (κ3) is 7.77. The van der Waals surface area contributed by atoms with Crippen LogP contribution in [0.15, 0.2) is 46.9 Å². The first kappa shape index (κ1) is 31.7. The number of piperazine rings is 1. The molecule has 0 bridgehead atoms. The van der Waals surface area contributed by atoms with E-state index < -0.39 is 5.97 Å². The Kier molecular flexibility index (Phi) is 10.2. The molecule has 2 aromatic carbocycles. The Balaban J connectivity index is 0.903. The average Bonchev–Trinajstić information content (AvgIpc) is 3.68. The van der Waals surface area contributed by atoms with Gasteiger partial charge in [0.05, 0.1) is 17.1 Å². The van der Waals surface area contributed by atoms with Gasteiger partial charge in [-0.05, 0) is 54.6 Å². The number of nitrogens with one attached hydrogen (secondary N) is 2. The molecular weight excluding hydrogens is 636 g/mol. The molecule has 238 valence electrons. The summed E-state index contributed by atoms with van der Waals surface area (Å²) >= 11 is 8.82. The van der Waals surface area contributed by atoms with Gasteiger partial charge in [0.25, 0.3) is 0 Å². The Hall–Kier alpha value is -3.24. The molecule has 4 aromatic rings. The molecular formula is C30H35ClN8O4S2. The molecule has 0 atom stereocenters. The second-order valence-corrected chi connectivity index (χ2v) is 13.4. The number of aromatic amines is 1. The van der Waals surface area contributed by atoms with Gasteiger partial charge in [-0.3, -0.25) is 30.0 Å². The van der Waals surface area contributed by atoms with Gasteiger partial charge in [0.1, 0.15) is 12.4 Å². The Morgan fingerprint density at radius 3 is 2.53 bits per heavy atom. The molecule has 4 heterocycles. The topological polar surface area (TPSA) is 153 Å². The fraction of sp³-hybridized carbons (Fsp3) is 0.400. The predicted molar refractivity (Wildman–Crippen MR) is 177 cm³/mol. The van der Waals surface area contributed by atoms with E-state index in [9.17, 15) is 14.7 Å². The van der Waals surface area contributed by atoms with Crippen LogP contribution in [-0.4, -0.2) is 112 Å². The van der Waals surface area contributed by atoms with Crippen molar-refractivity contribution in [3.05, 3.63) is 53.2 Å². The summed E-state index contributed by atoms with van der Waals surface area (Å²) in [7, 11) is 0. The van der Waals surface area contributed by atoms with Crippen LogP contribution in [-0.2, 0) is 4.79 Å². The fourth-order valence-electron chi connectivity index (χ4n) is 6.03. The van der Waals surface area contributed by atoms with Crippen LogP contribution in [0.1, 0.15) is 23.2 Å². The standard InChI is InChI=1S/C30H35ClN8O4S2/c31-25-16-26-23(24(17-33-26)28(41)42)15-22(25)19-1-3-21(4-2-19)43-14-13-37-9-11-39(12-10-37)20-5-7-38(8-6-20)18-27(40)34-29-35-36-30(44-29)45-32/h1-4,15-17,20,33H,5-14,18,32H2,(H,41,42)(H,34,35,40). The van der Waals surface area contributed by atoms with Crippen molar-refractivity contribution in [1.29, 1.82) is 0 Å². The number of carbonyl (C=O) groups excluding carboxylic acids is 1. The van der Waals surface area contributed by atoms with Gasteiger partial charge in [-0.15, -0.1) is 10.2 Å². The van der Waals surface area contributed by atoms with Crippen molar-refractivity contribution in [3.63, 3.8) is 0 Å². The van der Waals surface area contributed by atoms with E-state index in [-0.39, 0.29) is 11.5 Å². The molecule has 45 heavy (non-hydrogen) atoms. The van der Waals surface area contributed by atoms with E-state index in [0.717, 1.165) is 87.5 Å². The van der Waals surface area contributed by atoms with Crippen LogP contribution >= 0.6 is 34.9 Å². The van der Waals surface area contributed by atoms with E-state index in [4.69, 9.17) is 21.5 Å². The molecule has 1 amide bonds. The zero-order chi connectivity index (χ0) is 31.3. The van der Waals surface area contributed by atoms with Crippen LogP contribution in [0.2, 0.25) is 5.02 Å². The number of H-pyrrole nitrogens is 1. The smallest absolute Gasteiger partial charge is 0.337 e. The van der Waals surface area contributed by atoms with Gasteiger partial charge in [-0.2, -0.15) is 0 Å². The van der Waals surface area contributed by atoms with Gasteiger partial charge in [0, 0.05) is 74.5 Å². The molecule has 0 spiro atoms. The molecule has 2 aliphatic rings. The first-order chi connectivity index (χ1) is 21.9. The second kappa shape index (κ2) is 14.5. The van der Waals surface area contributed by atoms with Crippen molar-refractivity contribution < 1.29 is 19.4 Å². The molecule has 0 unspecified atom stereocenters. The molecule has 2 saturated heterocycles. The fourth-order valence-corrected chi connectivity index (χ4v) is 7.31. The summed E-state index contributed by atoms with van der Waals surface area (Å²) in [6, 6.07) is 11.9. The number of hydrogen-bond donors (Lipinski definition) is 4. The molecule has 5 N–H and O–H groups in total. The number of anilines is 1. The van der Waals surface area contributed by atoms with E-state index in [2.05, 4.69) is 35.2 Å². The molecule has 6 rings (SSSR count). The number of hydrogen-bond acceptors (Lipinski definition) is 11. The van der Waals surface area contributed by atoms with Crippen molar-refractivity contribution in [2.24, 2.45) is 5.14 Å². The number of carboxylic acids is 1. The van der Waals surface area contributed by atoms with Crippen molar-refractivity contribution in [2.75, 3.05) is 64.3 Å². The van der Waals surface area contributed by atoms with Crippen molar-refractivity contribution in [2.45, 2.75) is 23.2 Å². The molecule has 0 radical (unpaired) electrons. The summed E-state index contributed by atoms with van der Waals surface area (Å²) in [6.07, 6.45) is 3.61. The van der Waals surface area contributed by atoms with E-state index >= 15 is 0 Å². The lowest BCUT2D eigenvalue weighted by molar-refractivity contribution is -0.117. The highest BCUT2D eigenvalue weighted by molar-refractivity contribution is 7.98. The van der Waals surface area contributed by atoms with E-state index in [1.807, 2.05) is 30.3 Å². The number of carbonyl (C=O) groups is 2. The summed E-state index contributed by atoms with van der Waals surface area (Å²) in [4.78, 5) is 34.2. The molecule has 0 saturated carbocycles. The number of rotatable bonds is 11. The van der Waals surface area contributed by atoms with Crippen LogP contribution < -0.4 is 15.2 Å². The number of piperidine rings is 1. The van der Waals surface area contributed by atoms with Gasteiger partial charge in [0.15, 0.2) is 4.34 Å². The normalized spacial score (nSPS) is 17.1. The third-order valence-electron chi connectivity index (χ3n) is 8.44. The lowest BCUT2D eigenvalue weighted by atomic mass is 10.0. The minimum absolute atomic E-state index is 0.0695. The zero-order valence-corrected chi connectivity index (χ0v) is 27.0. The second-order valence-electron chi connectivity index (χ2n) is 11.2. The lowest BCUT2D eigenvalue weighted by Gasteiger charge is -2.42. The Morgan fingerprint density at radius 2 is 1.84 bits per heavy atom. The lowest BCUT2D eigenvalue weighted by Crippen LogP contribution is -2.54. The van der Waals surface area contributed by atoms with Crippen LogP contribution in [0.5, 0.6) is 5.75 Å². The van der Waals surface area contributed by atoms with Crippen LogP contribution in [0, 0.1) is 0 Å². The molecule has 0 aliphatic carbocycles. The van der Waals surface area contributed by atoms with Crippen LogP contribution in [0.25, 0.3) is 22.0 Å². The number of benzene rings is 2. The van der Waals surface area contributed by atoms with Crippen molar-refractivity contribution in [1.82, 2.24) is 29.9 Å². The zero-order valence-electron chi connectivity index (χ0n) is 24.6. The van der Waals surface area contributed by atoms with Crippen LogP contribution in [0.4, 0.5) is 5.13 Å². The van der Waals surface area contributed by atoms with Gasteiger partial charge in [-0.1, -0.05) is 35.1 Å². The maximum Gasteiger partial charge on any atom is 0.337 e. The number of amides is 1. The SMILES string of the molecule is NSc1nnc(NC(=O)CN2CCC(N3CCN(CCOc4ccc(-c5cc6c(C(=O)O)c[nH]c6cc5Cl)cc4)CC3)CC2)s1. The number of nitrogens with zero attached hydrogens (tertiary/aromatic N) is 5. The average molecular weight is 671 g/mol. The number of ether oxygens (including phenoxy) is 1. The number of nitrogens with two attached hydrogens (primary N) is 1. The molecule has 12 nitrogen and oxygen atoms in total. The number of carboxylic acid groups (broad SMARTS) is 1. The monoisotopic (exact) mass is 670 g/mol. The van der Waals surface area contributed by atoms with Gasteiger partial charge >= 0.3 is 5.97 Å². The molecule has 15 heteroatoms. The van der Waals surface area contributed by atoms with Gasteiger partial charge in [0.2, 0.25) is 11.0 Å². The largest absolute Gasteiger partial charge is 0.492 e. The first-order valence-corrected chi connectivity index (χ1v) is 16.9. The summed E-state index contributed by atoms with van der Waals surface area (Å²) in [5, 5.41) is 27.3. The summed E-state index contributed by atoms with van der Waals surface area (Å²) in [6.45, 7) is 7.71. The molecule has 2 aromatic heterocycles. The predicted octanol–water partition coefficient (Wildman–Crippen LogP) is 4.10. The number of aromatic carboxylic acids is 1. The number of likely N-dealkylation sites (tertiary alicyclic amines) is 1.